The molecule has 2 aromatic heterocycles. The van der Waals surface area contributed by atoms with Crippen molar-refractivity contribution in [3.05, 3.63) is 65.2 Å². The van der Waals surface area contributed by atoms with Gasteiger partial charge in [-0.25, -0.2) is 4.98 Å². The first-order valence-electron chi connectivity index (χ1n) is 8.30. The Labute approximate surface area is 156 Å². The molecule has 0 aliphatic rings. The van der Waals surface area contributed by atoms with E-state index in [4.69, 9.17) is 9.47 Å². The van der Waals surface area contributed by atoms with E-state index in [0.29, 0.717) is 29.7 Å². The predicted molar refractivity (Wildman–Crippen MR) is 103 cm³/mol. The van der Waals surface area contributed by atoms with Crippen molar-refractivity contribution in [2.45, 2.75) is 13.5 Å². The van der Waals surface area contributed by atoms with Crippen LogP contribution < -0.4 is 14.8 Å². The lowest BCUT2D eigenvalue weighted by atomic mass is 10.2. The Morgan fingerprint density at radius 2 is 2.00 bits per heavy atom. The number of pyridine rings is 1. The molecule has 0 aliphatic carbocycles. The number of carbonyl (C=O) groups excluding carboxylic acids is 1. The largest absolute Gasteiger partial charge is 0.495 e. The molecule has 26 heavy (non-hydrogen) atoms. The van der Waals surface area contributed by atoms with Gasteiger partial charge in [0.1, 0.15) is 10.6 Å². The highest BCUT2D eigenvalue weighted by molar-refractivity contribution is 7.17. The summed E-state index contributed by atoms with van der Waals surface area (Å²) in [5.74, 6) is 0.971. The average Bonchev–Trinajstić information content (AvgIpc) is 3.12. The van der Waals surface area contributed by atoms with Gasteiger partial charge in [0.2, 0.25) is 5.88 Å². The van der Waals surface area contributed by atoms with Crippen molar-refractivity contribution in [2.24, 2.45) is 0 Å². The van der Waals surface area contributed by atoms with Gasteiger partial charge >= 0.3 is 0 Å². The molecule has 1 amide bonds. The molecule has 0 fully saturated rings. The summed E-state index contributed by atoms with van der Waals surface area (Å²) in [7, 11) is 1.57. The zero-order valence-corrected chi connectivity index (χ0v) is 15.5. The van der Waals surface area contributed by atoms with Crippen molar-refractivity contribution in [3.8, 4) is 22.1 Å². The van der Waals surface area contributed by atoms with E-state index in [1.807, 2.05) is 55.5 Å². The van der Waals surface area contributed by atoms with E-state index >= 15 is 0 Å². The average molecular weight is 368 g/mol. The van der Waals surface area contributed by atoms with Crippen LogP contribution in [0.15, 0.2) is 54.7 Å². The van der Waals surface area contributed by atoms with Crippen LogP contribution in [0.25, 0.3) is 10.4 Å². The fraction of sp³-hybridized carbons (Fsp3) is 0.200. The van der Waals surface area contributed by atoms with Crippen molar-refractivity contribution in [1.82, 2.24) is 10.3 Å². The van der Waals surface area contributed by atoms with Crippen LogP contribution in [0.5, 0.6) is 11.6 Å². The van der Waals surface area contributed by atoms with Gasteiger partial charge in [-0.15, -0.1) is 11.3 Å². The summed E-state index contributed by atoms with van der Waals surface area (Å²) in [5.41, 5.74) is 1.99. The summed E-state index contributed by atoms with van der Waals surface area (Å²) in [6.45, 7) is 2.85. The number of nitrogens with zero attached hydrogens (tertiary/aromatic N) is 1. The van der Waals surface area contributed by atoms with E-state index in [-0.39, 0.29) is 5.91 Å². The van der Waals surface area contributed by atoms with Gasteiger partial charge in [-0.3, -0.25) is 4.79 Å². The molecule has 0 spiro atoms. The van der Waals surface area contributed by atoms with Gasteiger partial charge in [-0.1, -0.05) is 30.3 Å². The van der Waals surface area contributed by atoms with E-state index in [9.17, 15) is 4.79 Å². The molecule has 1 aromatic carbocycles. The van der Waals surface area contributed by atoms with Crippen molar-refractivity contribution in [1.29, 1.82) is 0 Å². The molecule has 0 aliphatic heterocycles. The second-order valence-electron chi connectivity index (χ2n) is 5.49. The third-order valence-electron chi connectivity index (χ3n) is 3.73. The topological polar surface area (TPSA) is 60.5 Å². The summed E-state index contributed by atoms with van der Waals surface area (Å²) >= 11 is 1.42. The molecular formula is C20H20N2O3S. The van der Waals surface area contributed by atoms with Crippen molar-refractivity contribution < 1.29 is 14.3 Å². The quantitative estimate of drug-likeness (QED) is 0.681. The molecule has 0 atom stereocenters. The summed E-state index contributed by atoms with van der Waals surface area (Å²) in [6, 6.07) is 15.5. The summed E-state index contributed by atoms with van der Waals surface area (Å²) in [5, 5.41) is 2.93. The van der Waals surface area contributed by atoms with Crippen LogP contribution in [-0.2, 0) is 6.54 Å². The predicted octanol–water partition coefficient (Wildman–Crippen LogP) is 4.15. The Morgan fingerprint density at radius 3 is 2.73 bits per heavy atom. The van der Waals surface area contributed by atoms with E-state index < -0.39 is 0 Å². The Kier molecular flexibility index (Phi) is 5.86. The number of methoxy groups -OCH3 is 1. The number of hydrogen-bond acceptors (Lipinski definition) is 5. The van der Waals surface area contributed by atoms with Gasteiger partial charge in [-0.05, 0) is 30.2 Å². The molecule has 0 bridgehead atoms. The highest BCUT2D eigenvalue weighted by Gasteiger charge is 2.17. The van der Waals surface area contributed by atoms with Gasteiger partial charge in [0.25, 0.3) is 5.91 Å². The molecule has 1 N–H and O–H groups in total. The highest BCUT2D eigenvalue weighted by Crippen LogP contribution is 2.36. The number of benzene rings is 1. The minimum Gasteiger partial charge on any atom is -0.495 e. The number of carbonyl (C=O) groups is 1. The Balaban J connectivity index is 1.73. The highest BCUT2D eigenvalue weighted by atomic mass is 32.1. The maximum absolute atomic E-state index is 12.6. The van der Waals surface area contributed by atoms with Crippen molar-refractivity contribution >= 4 is 17.2 Å². The van der Waals surface area contributed by atoms with Crippen molar-refractivity contribution in [2.75, 3.05) is 13.7 Å². The van der Waals surface area contributed by atoms with E-state index in [2.05, 4.69) is 10.3 Å². The third kappa shape index (κ3) is 4.21. The monoisotopic (exact) mass is 368 g/mol. The van der Waals surface area contributed by atoms with E-state index in [0.717, 1.165) is 16.0 Å². The number of rotatable bonds is 7. The molecule has 134 valence electrons. The molecule has 6 heteroatoms. The zero-order chi connectivity index (χ0) is 18.4. The maximum Gasteiger partial charge on any atom is 0.265 e. The first kappa shape index (κ1) is 17.9. The van der Waals surface area contributed by atoms with E-state index in [1.165, 1.54) is 11.3 Å². The number of amides is 1. The van der Waals surface area contributed by atoms with Crippen LogP contribution in [0.3, 0.4) is 0 Å². The maximum atomic E-state index is 12.6. The van der Waals surface area contributed by atoms with Crippen LogP contribution in [-0.4, -0.2) is 24.6 Å². The minimum absolute atomic E-state index is 0.163. The minimum atomic E-state index is -0.163. The third-order valence-corrected chi connectivity index (χ3v) is 4.89. The number of ether oxygens (including phenoxy) is 2. The molecule has 3 rings (SSSR count). The molecule has 2 heterocycles. The van der Waals surface area contributed by atoms with Crippen LogP contribution in [0.4, 0.5) is 0 Å². The molecule has 3 aromatic rings. The molecule has 0 unspecified atom stereocenters. The Bertz CT molecular complexity index is 878. The van der Waals surface area contributed by atoms with Crippen LogP contribution in [0.2, 0.25) is 0 Å². The lowest BCUT2D eigenvalue weighted by molar-refractivity contribution is 0.0952. The van der Waals surface area contributed by atoms with Gasteiger partial charge < -0.3 is 14.8 Å². The first-order chi connectivity index (χ1) is 12.7. The van der Waals surface area contributed by atoms with Crippen LogP contribution in [0.1, 0.15) is 22.2 Å². The van der Waals surface area contributed by atoms with E-state index in [1.54, 1.807) is 13.3 Å². The second kappa shape index (κ2) is 8.49. The normalized spacial score (nSPS) is 10.4. The number of aromatic nitrogens is 1. The molecule has 0 radical (unpaired) electrons. The molecule has 0 saturated carbocycles. The Hall–Kier alpha value is -2.86. The number of nitrogens with one attached hydrogen (secondary N) is 1. The summed E-state index contributed by atoms with van der Waals surface area (Å²) in [6.07, 6.45) is 1.67. The molecular weight excluding hydrogens is 348 g/mol. The smallest absolute Gasteiger partial charge is 0.265 e. The van der Waals surface area contributed by atoms with Gasteiger partial charge in [0, 0.05) is 23.7 Å². The van der Waals surface area contributed by atoms with Crippen LogP contribution >= 0.6 is 11.3 Å². The molecule has 5 nitrogen and oxygen atoms in total. The van der Waals surface area contributed by atoms with Gasteiger partial charge in [-0.2, -0.15) is 0 Å². The SMILES string of the molecule is CCOc1cc(CNC(=O)c2sc(-c3ccccc3)cc2OC)ccn1. The zero-order valence-electron chi connectivity index (χ0n) is 14.7. The lowest BCUT2D eigenvalue weighted by Crippen LogP contribution is -2.22. The fourth-order valence-corrected chi connectivity index (χ4v) is 3.53. The summed E-state index contributed by atoms with van der Waals surface area (Å²) in [4.78, 5) is 18.3. The number of thiophene rings is 1. The van der Waals surface area contributed by atoms with Crippen molar-refractivity contribution in [3.63, 3.8) is 0 Å². The van der Waals surface area contributed by atoms with Gasteiger partial charge in [0.15, 0.2) is 0 Å². The van der Waals surface area contributed by atoms with Gasteiger partial charge in [0.05, 0.1) is 13.7 Å². The number of hydrogen-bond donors (Lipinski definition) is 1. The summed E-state index contributed by atoms with van der Waals surface area (Å²) < 4.78 is 10.8. The first-order valence-corrected chi connectivity index (χ1v) is 9.12. The lowest BCUT2D eigenvalue weighted by Gasteiger charge is -2.07. The Morgan fingerprint density at radius 1 is 1.19 bits per heavy atom. The standard InChI is InChI=1S/C20H20N2O3S/c1-3-25-18-11-14(9-10-21-18)13-22-20(23)19-16(24-2)12-17(26-19)15-7-5-4-6-8-15/h4-12H,3,13H2,1-2H3,(H,22,23). The second-order valence-corrected chi connectivity index (χ2v) is 6.54. The molecule has 0 saturated heterocycles. The fourth-order valence-electron chi connectivity index (χ4n) is 2.48. The van der Waals surface area contributed by atoms with Crippen LogP contribution in [0, 0.1) is 0 Å².